The van der Waals surface area contributed by atoms with Crippen LogP contribution >= 0.6 is 0 Å². The molecule has 2 atom stereocenters. The second kappa shape index (κ2) is 5.97. The van der Waals surface area contributed by atoms with Crippen molar-refractivity contribution in [1.29, 1.82) is 0 Å². The Balaban J connectivity index is 2.09. The summed E-state index contributed by atoms with van der Waals surface area (Å²) >= 11 is 0. The molecule has 2 rings (SSSR count). The summed E-state index contributed by atoms with van der Waals surface area (Å²) in [5.41, 5.74) is 2.53. The number of rotatable bonds is 4. The molecule has 100 valence electrons. The molecule has 6 nitrogen and oxygen atoms in total. The summed E-state index contributed by atoms with van der Waals surface area (Å²) in [6.45, 7) is 2.06. The Morgan fingerprint density at radius 1 is 1.33 bits per heavy atom. The summed E-state index contributed by atoms with van der Waals surface area (Å²) in [6.07, 6.45) is 4.53. The minimum Gasteiger partial charge on any atom is -0.396 e. The lowest BCUT2D eigenvalue weighted by Gasteiger charge is -2.31. The highest BCUT2D eigenvalue weighted by atomic mass is 16.3. The highest BCUT2D eigenvalue weighted by molar-refractivity contribution is 5.47. The van der Waals surface area contributed by atoms with Gasteiger partial charge in [0.25, 0.3) is 0 Å². The van der Waals surface area contributed by atoms with Crippen molar-refractivity contribution in [1.82, 2.24) is 9.97 Å². The second-order valence-corrected chi connectivity index (χ2v) is 4.81. The number of hydrazine groups is 1. The maximum Gasteiger partial charge on any atom is 0.145 e. The van der Waals surface area contributed by atoms with E-state index >= 15 is 0 Å². The third-order valence-corrected chi connectivity index (χ3v) is 3.46. The van der Waals surface area contributed by atoms with Crippen LogP contribution in [0.1, 0.15) is 31.5 Å². The first-order valence-electron chi connectivity index (χ1n) is 6.42. The molecule has 0 spiro atoms. The van der Waals surface area contributed by atoms with E-state index in [1.54, 1.807) is 6.07 Å². The number of nitrogen functional groups attached to an aromatic ring is 1. The Morgan fingerprint density at radius 3 is 2.78 bits per heavy atom. The molecule has 2 unspecified atom stereocenters. The van der Waals surface area contributed by atoms with Crippen LogP contribution in [0.4, 0.5) is 11.6 Å². The molecule has 1 aliphatic rings. The van der Waals surface area contributed by atoms with Crippen molar-refractivity contribution >= 4 is 11.6 Å². The van der Waals surface area contributed by atoms with Crippen LogP contribution in [0, 0.1) is 12.8 Å². The van der Waals surface area contributed by atoms with Crippen LogP contribution in [0.5, 0.6) is 0 Å². The maximum atomic E-state index is 9.39. The number of nitrogens with two attached hydrogens (primary N) is 1. The predicted octanol–water partition coefficient (Wildman–Crippen LogP) is 1.03. The van der Waals surface area contributed by atoms with Gasteiger partial charge in [0.05, 0.1) is 0 Å². The van der Waals surface area contributed by atoms with Crippen LogP contribution < -0.4 is 16.6 Å². The predicted molar refractivity (Wildman–Crippen MR) is 71.0 cm³/mol. The van der Waals surface area contributed by atoms with Gasteiger partial charge in [-0.3, -0.25) is 0 Å². The molecule has 1 aromatic heterocycles. The zero-order chi connectivity index (χ0) is 13.0. The molecule has 1 aliphatic carbocycles. The van der Waals surface area contributed by atoms with Gasteiger partial charge in [-0.2, -0.15) is 0 Å². The van der Waals surface area contributed by atoms with Crippen LogP contribution in [-0.4, -0.2) is 27.7 Å². The number of aliphatic hydroxyl groups excluding tert-OH is 1. The highest BCUT2D eigenvalue weighted by Crippen LogP contribution is 2.26. The number of aliphatic hydroxyl groups is 1. The van der Waals surface area contributed by atoms with Crippen molar-refractivity contribution in [2.75, 3.05) is 17.3 Å². The normalized spacial score (nSPS) is 23.7. The number of aryl methyl sites for hydroxylation is 1. The third kappa shape index (κ3) is 3.08. The van der Waals surface area contributed by atoms with Gasteiger partial charge in [0.2, 0.25) is 0 Å². The fourth-order valence-corrected chi connectivity index (χ4v) is 2.52. The van der Waals surface area contributed by atoms with E-state index in [1.165, 1.54) is 12.8 Å². The van der Waals surface area contributed by atoms with E-state index < -0.39 is 0 Å². The second-order valence-electron chi connectivity index (χ2n) is 4.81. The number of anilines is 2. The minimum absolute atomic E-state index is 0.226. The Morgan fingerprint density at radius 2 is 2.06 bits per heavy atom. The molecule has 0 aromatic carbocycles. The van der Waals surface area contributed by atoms with Crippen molar-refractivity contribution in [2.45, 2.75) is 38.6 Å². The van der Waals surface area contributed by atoms with Gasteiger partial charge >= 0.3 is 0 Å². The van der Waals surface area contributed by atoms with Crippen molar-refractivity contribution in [3.63, 3.8) is 0 Å². The smallest absolute Gasteiger partial charge is 0.145 e. The number of nitrogens with one attached hydrogen (secondary N) is 2. The lowest BCUT2D eigenvalue weighted by molar-refractivity contribution is 0.178. The zero-order valence-corrected chi connectivity index (χ0v) is 10.7. The van der Waals surface area contributed by atoms with Crippen LogP contribution in [0.25, 0.3) is 0 Å². The standard InChI is InChI=1S/C12H21N5O/c1-8-14-11(6-12(15-8)17-13)16-10-5-3-2-4-9(10)7-18/h6,9-10,18H,2-5,7,13H2,1H3,(H2,14,15,16,17). The SMILES string of the molecule is Cc1nc(NN)cc(NC2CCCCC2CO)n1. The summed E-state index contributed by atoms with van der Waals surface area (Å²) in [6, 6.07) is 2.07. The fraction of sp³-hybridized carbons (Fsp3) is 0.667. The number of aromatic nitrogens is 2. The third-order valence-electron chi connectivity index (χ3n) is 3.46. The molecular formula is C12H21N5O. The van der Waals surface area contributed by atoms with Gasteiger partial charge in [-0.1, -0.05) is 12.8 Å². The van der Waals surface area contributed by atoms with Crippen molar-refractivity contribution in [2.24, 2.45) is 11.8 Å². The summed E-state index contributed by atoms with van der Waals surface area (Å²) in [4.78, 5) is 8.49. The van der Waals surface area contributed by atoms with Gasteiger partial charge in [0.15, 0.2) is 0 Å². The molecule has 1 heterocycles. The fourth-order valence-electron chi connectivity index (χ4n) is 2.52. The van der Waals surface area contributed by atoms with Crippen molar-refractivity contribution in [3.8, 4) is 0 Å². The van der Waals surface area contributed by atoms with E-state index in [1.807, 2.05) is 6.92 Å². The van der Waals surface area contributed by atoms with E-state index in [9.17, 15) is 5.11 Å². The van der Waals surface area contributed by atoms with Gasteiger partial charge < -0.3 is 15.8 Å². The molecule has 0 amide bonds. The van der Waals surface area contributed by atoms with Crippen LogP contribution in [-0.2, 0) is 0 Å². The van der Waals surface area contributed by atoms with E-state index in [2.05, 4.69) is 20.7 Å². The van der Waals surface area contributed by atoms with Gasteiger partial charge in [0.1, 0.15) is 17.5 Å². The monoisotopic (exact) mass is 251 g/mol. The largest absolute Gasteiger partial charge is 0.396 e. The Kier molecular flexibility index (Phi) is 4.33. The minimum atomic E-state index is 0.226. The summed E-state index contributed by atoms with van der Waals surface area (Å²) in [7, 11) is 0. The average Bonchev–Trinajstić information content (AvgIpc) is 2.38. The summed E-state index contributed by atoms with van der Waals surface area (Å²) < 4.78 is 0. The van der Waals surface area contributed by atoms with Crippen molar-refractivity contribution < 1.29 is 5.11 Å². The van der Waals surface area contributed by atoms with Crippen LogP contribution in [0.15, 0.2) is 6.07 Å². The lowest BCUT2D eigenvalue weighted by Crippen LogP contribution is -2.34. The first-order chi connectivity index (χ1) is 8.72. The van der Waals surface area contributed by atoms with E-state index in [0.29, 0.717) is 17.6 Å². The van der Waals surface area contributed by atoms with Gasteiger partial charge in [-0.15, -0.1) is 0 Å². The summed E-state index contributed by atoms with van der Waals surface area (Å²) in [5.74, 6) is 7.71. The van der Waals surface area contributed by atoms with E-state index in [0.717, 1.165) is 18.7 Å². The number of hydrogen-bond acceptors (Lipinski definition) is 6. The van der Waals surface area contributed by atoms with Gasteiger partial charge in [-0.25, -0.2) is 15.8 Å². The Labute approximate surface area is 107 Å². The van der Waals surface area contributed by atoms with E-state index in [4.69, 9.17) is 5.84 Å². The van der Waals surface area contributed by atoms with Gasteiger partial charge in [-0.05, 0) is 19.8 Å². The highest BCUT2D eigenvalue weighted by Gasteiger charge is 2.24. The molecule has 0 aliphatic heterocycles. The molecule has 0 saturated heterocycles. The number of nitrogens with zero attached hydrogens (tertiary/aromatic N) is 2. The molecule has 6 heteroatoms. The van der Waals surface area contributed by atoms with Crippen LogP contribution in [0.2, 0.25) is 0 Å². The zero-order valence-electron chi connectivity index (χ0n) is 10.7. The topological polar surface area (TPSA) is 96.1 Å². The molecule has 1 saturated carbocycles. The summed E-state index contributed by atoms with van der Waals surface area (Å²) in [5, 5.41) is 12.8. The average molecular weight is 251 g/mol. The molecular weight excluding hydrogens is 230 g/mol. The van der Waals surface area contributed by atoms with Crippen LogP contribution in [0.3, 0.4) is 0 Å². The first kappa shape index (κ1) is 13.0. The van der Waals surface area contributed by atoms with Crippen molar-refractivity contribution in [3.05, 3.63) is 11.9 Å². The molecule has 1 fully saturated rings. The molecule has 0 bridgehead atoms. The quantitative estimate of drug-likeness (QED) is 0.471. The Bertz CT molecular complexity index is 398. The molecule has 5 N–H and O–H groups in total. The number of hydrogen-bond donors (Lipinski definition) is 4. The molecule has 1 aromatic rings. The maximum absolute atomic E-state index is 9.39. The van der Waals surface area contributed by atoms with Gasteiger partial charge in [0, 0.05) is 24.6 Å². The first-order valence-corrected chi connectivity index (χ1v) is 6.42. The molecule has 18 heavy (non-hydrogen) atoms. The van der Waals surface area contributed by atoms with E-state index in [-0.39, 0.29) is 12.6 Å². The molecule has 0 radical (unpaired) electrons. The lowest BCUT2D eigenvalue weighted by atomic mass is 9.85. The Hall–Kier alpha value is -1.40.